The maximum Gasteiger partial charge on any atom is 0.240 e. The highest BCUT2D eigenvalue weighted by Crippen LogP contribution is 2.26. The van der Waals surface area contributed by atoms with Crippen LogP contribution in [0.25, 0.3) is 10.2 Å². The summed E-state index contributed by atoms with van der Waals surface area (Å²) in [5, 5.41) is 6.21. The van der Waals surface area contributed by atoms with Crippen molar-refractivity contribution in [2.45, 2.75) is 6.42 Å². The molecule has 3 aromatic rings. The van der Waals surface area contributed by atoms with Crippen molar-refractivity contribution in [2.75, 3.05) is 17.3 Å². The number of nitrogens with zero attached hydrogens (tertiary/aromatic N) is 2. The Labute approximate surface area is 125 Å². The van der Waals surface area contributed by atoms with Crippen molar-refractivity contribution >= 4 is 33.3 Å². The standard InChI is InChI=1S/C14H14FN5S/c15-10-3-1-9(2-4-10)5-7-17-12-11-6-8-21-13(11)19-14(18-12)20-16/h1-4,6,8H,5,7,16H2,(H2,17,18,19,20). The first-order valence-electron chi connectivity index (χ1n) is 6.46. The number of aromatic nitrogens is 2. The zero-order chi connectivity index (χ0) is 14.7. The molecule has 0 aliphatic rings. The number of rotatable bonds is 5. The molecule has 0 atom stereocenters. The molecule has 7 heteroatoms. The maximum absolute atomic E-state index is 12.8. The number of fused-ring (bicyclic) bond motifs is 1. The molecule has 0 radical (unpaired) electrons. The number of nitrogens with two attached hydrogens (primary N) is 1. The van der Waals surface area contributed by atoms with Gasteiger partial charge in [0.1, 0.15) is 16.5 Å². The number of nitrogens with one attached hydrogen (secondary N) is 2. The lowest BCUT2D eigenvalue weighted by Gasteiger charge is -2.08. The van der Waals surface area contributed by atoms with Crippen molar-refractivity contribution in [2.24, 2.45) is 5.84 Å². The van der Waals surface area contributed by atoms with Crippen LogP contribution in [0.2, 0.25) is 0 Å². The van der Waals surface area contributed by atoms with E-state index in [0.29, 0.717) is 12.5 Å². The molecular weight excluding hydrogens is 289 g/mol. The molecule has 2 heterocycles. The van der Waals surface area contributed by atoms with E-state index in [1.54, 1.807) is 12.1 Å². The van der Waals surface area contributed by atoms with Crippen molar-refractivity contribution in [3.05, 3.63) is 47.1 Å². The molecule has 0 fully saturated rings. The van der Waals surface area contributed by atoms with Gasteiger partial charge in [0.05, 0.1) is 5.39 Å². The average molecular weight is 303 g/mol. The van der Waals surface area contributed by atoms with Gasteiger partial charge >= 0.3 is 0 Å². The summed E-state index contributed by atoms with van der Waals surface area (Å²) in [5.74, 6) is 6.29. The van der Waals surface area contributed by atoms with Crippen LogP contribution in [0.15, 0.2) is 35.7 Å². The van der Waals surface area contributed by atoms with Crippen LogP contribution >= 0.6 is 11.3 Å². The first-order valence-corrected chi connectivity index (χ1v) is 7.34. The first-order chi connectivity index (χ1) is 10.3. The van der Waals surface area contributed by atoms with Gasteiger partial charge in [-0.05, 0) is 35.6 Å². The Kier molecular flexibility index (Phi) is 3.94. The molecule has 0 aliphatic carbocycles. The Balaban J connectivity index is 1.72. The molecule has 2 aromatic heterocycles. The smallest absolute Gasteiger partial charge is 0.240 e. The lowest BCUT2D eigenvalue weighted by Crippen LogP contribution is -2.13. The topological polar surface area (TPSA) is 75.9 Å². The molecule has 0 saturated carbocycles. The summed E-state index contributed by atoms with van der Waals surface area (Å²) in [7, 11) is 0. The molecule has 0 spiro atoms. The second-order valence-electron chi connectivity index (χ2n) is 4.48. The van der Waals surface area contributed by atoms with Crippen LogP contribution in [0, 0.1) is 5.82 Å². The van der Waals surface area contributed by atoms with Gasteiger partial charge < -0.3 is 5.32 Å². The zero-order valence-corrected chi connectivity index (χ0v) is 12.0. The Morgan fingerprint density at radius 2 is 1.95 bits per heavy atom. The van der Waals surface area contributed by atoms with Crippen LogP contribution in [0.4, 0.5) is 16.2 Å². The number of hydrogen-bond donors (Lipinski definition) is 3. The third kappa shape index (κ3) is 3.09. The van der Waals surface area contributed by atoms with Crippen LogP contribution < -0.4 is 16.6 Å². The van der Waals surface area contributed by atoms with Crippen LogP contribution in [-0.4, -0.2) is 16.5 Å². The van der Waals surface area contributed by atoms with E-state index in [1.165, 1.54) is 23.5 Å². The molecule has 0 saturated heterocycles. The Morgan fingerprint density at radius 1 is 1.14 bits per heavy atom. The van der Waals surface area contributed by atoms with Gasteiger partial charge in [-0.1, -0.05) is 12.1 Å². The van der Waals surface area contributed by atoms with Gasteiger partial charge in [0, 0.05) is 6.54 Å². The van der Waals surface area contributed by atoms with Crippen LogP contribution in [0.1, 0.15) is 5.56 Å². The number of thiophene rings is 1. The van der Waals surface area contributed by atoms with Crippen molar-refractivity contribution in [1.29, 1.82) is 0 Å². The van der Waals surface area contributed by atoms with Crippen molar-refractivity contribution < 1.29 is 4.39 Å². The summed E-state index contributed by atoms with van der Waals surface area (Å²) >= 11 is 1.53. The van der Waals surface area contributed by atoms with E-state index in [9.17, 15) is 4.39 Å². The highest BCUT2D eigenvalue weighted by atomic mass is 32.1. The summed E-state index contributed by atoms with van der Waals surface area (Å²) in [4.78, 5) is 9.48. The fourth-order valence-corrected chi connectivity index (χ4v) is 2.79. The van der Waals surface area contributed by atoms with E-state index >= 15 is 0 Å². The van der Waals surface area contributed by atoms with Gasteiger partial charge in [-0.2, -0.15) is 4.98 Å². The average Bonchev–Trinajstić information content (AvgIpc) is 2.97. The molecule has 5 nitrogen and oxygen atoms in total. The van der Waals surface area contributed by atoms with E-state index < -0.39 is 0 Å². The molecule has 4 N–H and O–H groups in total. The fraction of sp³-hybridized carbons (Fsp3) is 0.143. The molecule has 3 rings (SSSR count). The van der Waals surface area contributed by atoms with Crippen LogP contribution in [-0.2, 0) is 6.42 Å². The quantitative estimate of drug-likeness (QED) is 0.499. The van der Waals surface area contributed by atoms with Gasteiger partial charge in [-0.25, -0.2) is 15.2 Å². The minimum atomic E-state index is -0.221. The molecular formula is C14H14FN5S. The predicted molar refractivity (Wildman–Crippen MR) is 83.8 cm³/mol. The number of anilines is 2. The number of halogens is 1. The van der Waals surface area contributed by atoms with Crippen molar-refractivity contribution in [1.82, 2.24) is 9.97 Å². The Hall–Kier alpha value is -2.25. The fourth-order valence-electron chi connectivity index (χ4n) is 2.03. The highest BCUT2D eigenvalue weighted by molar-refractivity contribution is 7.16. The number of benzene rings is 1. The largest absolute Gasteiger partial charge is 0.369 e. The van der Waals surface area contributed by atoms with Gasteiger partial charge in [0.25, 0.3) is 0 Å². The predicted octanol–water partition coefficient (Wildman–Crippen LogP) is 2.77. The van der Waals surface area contributed by atoms with E-state index in [0.717, 1.165) is 28.0 Å². The normalized spacial score (nSPS) is 10.8. The van der Waals surface area contributed by atoms with Gasteiger partial charge in [0.2, 0.25) is 5.95 Å². The zero-order valence-electron chi connectivity index (χ0n) is 11.1. The van der Waals surface area contributed by atoms with Crippen molar-refractivity contribution in [3.63, 3.8) is 0 Å². The van der Waals surface area contributed by atoms with E-state index in [-0.39, 0.29) is 5.82 Å². The van der Waals surface area contributed by atoms with E-state index in [4.69, 9.17) is 5.84 Å². The van der Waals surface area contributed by atoms with Gasteiger partial charge in [-0.15, -0.1) is 11.3 Å². The monoisotopic (exact) mass is 303 g/mol. The molecule has 0 aliphatic heterocycles. The SMILES string of the molecule is NNc1nc(NCCc2ccc(F)cc2)c2ccsc2n1. The molecule has 1 aromatic carbocycles. The molecule has 21 heavy (non-hydrogen) atoms. The second kappa shape index (κ2) is 6.02. The molecule has 108 valence electrons. The van der Waals surface area contributed by atoms with E-state index in [2.05, 4.69) is 20.7 Å². The van der Waals surface area contributed by atoms with Gasteiger partial charge in [0.15, 0.2) is 0 Å². The van der Waals surface area contributed by atoms with Gasteiger partial charge in [-0.3, -0.25) is 5.43 Å². The van der Waals surface area contributed by atoms with E-state index in [1.807, 2.05) is 11.4 Å². The minimum absolute atomic E-state index is 0.221. The number of hydrazine groups is 1. The molecule has 0 bridgehead atoms. The Morgan fingerprint density at radius 3 is 2.71 bits per heavy atom. The lowest BCUT2D eigenvalue weighted by atomic mass is 10.1. The summed E-state index contributed by atoms with van der Waals surface area (Å²) in [6.07, 6.45) is 0.779. The summed E-state index contributed by atoms with van der Waals surface area (Å²) in [5.41, 5.74) is 3.53. The van der Waals surface area contributed by atoms with Crippen molar-refractivity contribution in [3.8, 4) is 0 Å². The third-order valence-electron chi connectivity index (χ3n) is 3.07. The maximum atomic E-state index is 12.8. The second-order valence-corrected chi connectivity index (χ2v) is 5.38. The van der Waals surface area contributed by atoms with Crippen LogP contribution in [0.5, 0.6) is 0 Å². The summed E-state index contributed by atoms with van der Waals surface area (Å²) in [6.45, 7) is 0.692. The molecule has 0 amide bonds. The number of nitrogen functional groups attached to an aromatic ring is 1. The Bertz CT molecular complexity index is 741. The first kappa shape index (κ1) is 13.7. The lowest BCUT2D eigenvalue weighted by molar-refractivity contribution is 0.627. The third-order valence-corrected chi connectivity index (χ3v) is 3.88. The molecule has 0 unspecified atom stereocenters. The number of hydrogen-bond acceptors (Lipinski definition) is 6. The summed E-state index contributed by atoms with van der Waals surface area (Å²) in [6, 6.07) is 8.47. The van der Waals surface area contributed by atoms with Crippen LogP contribution in [0.3, 0.4) is 0 Å². The highest BCUT2D eigenvalue weighted by Gasteiger charge is 2.07. The minimum Gasteiger partial charge on any atom is -0.369 e. The summed E-state index contributed by atoms with van der Waals surface area (Å²) < 4.78 is 12.8.